The fourth-order valence-electron chi connectivity index (χ4n) is 1.47. The molecule has 0 fully saturated rings. The summed E-state index contributed by atoms with van der Waals surface area (Å²) in [6, 6.07) is 12.4. The summed E-state index contributed by atoms with van der Waals surface area (Å²) in [5.41, 5.74) is 0.781. The number of benzene rings is 1. The van der Waals surface area contributed by atoms with E-state index in [0.717, 1.165) is 5.69 Å². The van der Waals surface area contributed by atoms with E-state index in [-0.39, 0.29) is 4.90 Å². The first-order chi connectivity index (χ1) is 8.63. The molecule has 0 saturated carbocycles. The van der Waals surface area contributed by atoms with Crippen LogP contribution < -0.4 is 10.0 Å². The Morgan fingerprint density at radius 3 is 2.44 bits per heavy atom. The van der Waals surface area contributed by atoms with Crippen LogP contribution in [0.3, 0.4) is 0 Å². The second-order valence-electron chi connectivity index (χ2n) is 3.55. The molecule has 0 amide bonds. The van der Waals surface area contributed by atoms with Gasteiger partial charge in [0, 0.05) is 11.9 Å². The molecule has 2 aromatic rings. The summed E-state index contributed by atoms with van der Waals surface area (Å²) in [4.78, 5) is 4.18. The van der Waals surface area contributed by atoms with Crippen molar-refractivity contribution >= 4 is 21.5 Å². The molecule has 0 radical (unpaired) electrons. The molecule has 0 saturated heterocycles. The maximum atomic E-state index is 11.8. The highest BCUT2D eigenvalue weighted by molar-refractivity contribution is 7.89. The Bertz CT molecular complexity index is 627. The summed E-state index contributed by atoms with van der Waals surface area (Å²) >= 11 is 0. The van der Waals surface area contributed by atoms with Crippen LogP contribution >= 0.6 is 0 Å². The first-order valence-electron chi connectivity index (χ1n) is 5.34. The lowest BCUT2D eigenvalue weighted by Gasteiger charge is -2.10. The van der Waals surface area contributed by atoms with Gasteiger partial charge < -0.3 is 5.32 Å². The van der Waals surface area contributed by atoms with Crippen LogP contribution in [0.1, 0.15) is 0 Å². The number of rotatable bonds is 4. The van der Waals surface area contributed by atoms with Crippen molar-refractivity contribution in [2.45, 2.75) is 4.90 Å². The molecule has 2 rings (SSSR count). The first kappa shape index (κ1) is 12.5. The minimum absolute atomic E-state index is 0.122. The van der Waals surface area contributed by atoms with Crippen molar-refractivity contribution in [1.29, 1.82) is 0 Å². The molecule has 1 aromatic heterocycles. The first-order valence-corrected chi connectivity index (χ1v) is 6.82. The molecule has 0 aliphatic heterocycles. The van der Waals surface area contributed by atoms with Gasteiger partial charge in [0.05, 0.1) is 0 Å². The SMILES string of the molecule is CNS(=O)(=O)c1cccnc1Nc1ccccc1. The van der Waals surface area contributed by atoms with E-state index < -0.39 is 10.0 Å². The summed E-state index contributed by atoms with van der Waals surface area (Å²) in [7, 11) is -2.15. The van der Waals surface area contributed by atoms with Crippen LogP contribution in [-0.4, -0.2) is 20.4 Å². The third kappa shape index (κ3) is 2.66. The summed E-state index contributed by atoms with van der Waals surface area (Å²) in [5, 5.41) is 2.98. The Kier molecular flexibility index (Phi) is 3.59. The van der Waals surface area contributed by atoms with Gasteiger partial charge in [0.1, 0.15) is 4.90 Å². The number of nitrogens with one attached hydrogen (secondary N) is 2. The van der Waals surface area contributed by atoms with E-state index in [9.17, 15) is 8.42 Å². The van der Waals surface area contributed by atoms with Gasteiger partial charge in [-0.2, -0.15) is 0 Å². The van der Waals surface area contributed by atoms with Crippen molar-refractivity contribution < 1.29 is 8.42 Å². The molecule has 1 heterocycles. The second kappa shape index (κ2) is 5.16. The van der Waals surface area contributed by atoms with Gasteiger partial charge in [-0.25, -0.2) is 18.1 Å². The van der Waals surface area contributed by atoms with Crippen LogP contribution in [0, 0.1) is 0 Å². The zero-order valence-corrected chi connectivity index (χ0v) is 10.6. The number of para-hydroxylation sites is 1. The zero-order chi connectivity index (χ0) is 13.0. The molecular formula is C12H13N3O2S. The lowest BCUT2D eigenvalue weighted by Crippen LogP contribution is -2.20. The monoisotopic (exact) mass is 263 g/mol. The van der Waals surface area contributed by atoms with Crippen molar-refractivity contribution in [3.05, 3.63) is 48.7 Å². The molecular weight excluding hydrogens is 250 g/mol. The quantitative estimate of drug-likeness (QED) is 0.881. The van der Waals surface area contributed by atoms with Crippen LogP contribution in [0.2, 0.25) is 0 Å². The topological polar surface area (TPSA) is 71.1 Å². The van der Waals surface area contributed by atoms with Crippen LogP contribution in [0.15, 0.2) is 53.6 Å². The lowest BCUT2D eigenvalue weighted by atomic mass is 10.3. The number of aromatic nitrogens is 1. The molecule has 1 aromatic carbocycles. The highest BCUT2D eigenvalue weighted by atomic mass is 32.2. The van der Waals surface area contributed by atoms with E-state index in [1.54, 1.807) is 12.3 Å². The van der Waals surface area contributed by atoms with Gasteiger partial charge in [-0.3, -0.25) is 0 Å². The molecule has 0 unspecified atom stereocenters. The Balaban J connectivity index is 2.41. The van der Waals surface area contributed by atoms with Gasteiger partial charge in [0.2, 0.25) is 10.0 Å². The number of hydrogen-bond acceptors (Lipinski definition) is 4. The van der Waals surface area contributed by atoms with Gasteiger partial charge in [0.15, 0.2) is 5.82 Å². The second-order valence-corrected chi connectivity index (χ2v) is 5.40. The molecule has 2 N–H and O–H groups in total. The minimum atomic E-state index is -3.52. The fourth-order valence-corrected chi connectivity index (χ4v) is 2.31. The van der Waals surface area contributed by atoms with E-state index in [4.69, 9.17) is 0 Å². The molecule has 5 nitrogen and oxygen atoms in total. The fraction of sp³-hybridized carbons (Fsp3) is 0.0833. The van der Waals surface area contributed by atoms with Crippen molar-refractivity contribution in [2.75, 3.05) is 12.4 Å². The molecule has 0 aliphatic carbocycles. The molecule has 94 valence electrons. The number of hydrogen-bond donors (Lipinski definition) is 2. The van der Waals surface area contributed by atoms with Crippen molar-refractivity contribution in [3.63, 3.8) is 0 Å². The molecule has 0 aliphatic rings. The Morgan fingerprint density at radius 1 is 1.06 bits per heavy atom. The van der Waals surface area contributed by atoms with Gasteiger partial charge in [-0.1, -0.05) is 18.2 Å². The number of anilines is 2. The van der Waals surface area contributed by atoms with Crippen molar-refractivity contribution in [2.24, 2.45) is 0 Å². The Hall–Kier alpha value is -1.92. The minimum Gasteiger partial charge on any atom is -0.339 e. The Labute approximate surface area is 106 Å². The molecule has 6 heteroatoms. The summed E-state index contributed by atoms with van der Waals surface area (Å²) in [6.45, 7) is 0. The predicted molar refractivity (Wildman–Crippen MR) is 70.2 cm³/mol. The van der Waals surface area contributed by atoms with Gasteiger partial charge in [-0.15, -0.1) is 0 Å². The van der Waals surface area contributed by atoms with Crippen LogP contribution in [0.4, 0.5) is 11.5 Å². The van der Waals surface area contributed by atoms with E-state index >= 15 is 0 Å². The third-order valence-corrected chi connectivity index (χ3v) is 3.81. The van der Waals surface area contributed by atoms with Gasteiger partial charge >= 0.3 is 0 Å². The maximum absolute atomic E-state index is 11.8. The highest BCUT2D eigenvalue weighted by Crippen LogP contribution is 2.21. The lowest BCUT2D eigenvalue weighted by molar-refractivity contribution is 0.588. The smallest absolute Gasteiger partial charge is 0.243 e. The molecule has 0 atom stereocenters. The average Bonchev–Trinajstić information content (AvgIpc) is 2.40. The Morgan fingerprint density at radius 2 is 1.78 bits per heavy atom. The predicted octanol–water partition coefficient (Wildman–Crippen LogP) is 1.73. The van der Waals surface area contributed by atoms with E-state index in [1.165, 1.54) is 13.1 Å². The van der Waals surface area contributed by atoms with Gasteiger partial charge in [-0.05, 0) is 31.3 Å². The zero-order valence-electron chi connectivity index (χ0n) is 9.79. The van der Waals surface area contributed by atoms with E-state index in [2.05, 4.69) is 15.0 Å². The van der Waals surface area contributed by atoms with E-state index in [0.29, 0.717) is 5.82 Å². The summed E-state index contributed by atoms with van der Waals surface area (Å²) in [5.74, 6) is 0.304. The van der Waals surface area contributed by atoms with Gasteiger partial charge in [0.25, 0.3) is 0 Å². The third-order valence-electron chi connectivity index (χ3n) is 2.37. The normalized spacial score (nSPS) is 11.2. The van der Waals surface area contributed by atoms with Crippen molar-refractivity contribution in [1.82, 2.24) is 9.71 Å². The van der Waals surface area contributed by atoms with Crippen LogP contribution in [-0.2, 0) is 10.0 Å². The number of pyridine rings is 1. The van der Waals surface area contributed by atoms with Crippen LogP contribution in [0.5, 0.6) is 0 Å². The largest absolute Gasteiger partial charge is 0.339 e. The average molecular weight is 263 g/mol. The number of sulfonamides is 1. The molecule has 0 bridgehead atoms. The summed E-state index contributed by atoms with van der Waals surface area (Å²) < 4.78 is 25.9. The number of nitrogens with zero attached hydrogens (tertiary/aromatic N) is 1. The molecule has 0 spiro atoms. The standard InChI is InChI=1S/C12H13N3O2S/c1-13-18(16,17)11-8-5-9-14-12(11)15-10-6-3-2-4-7-10/h2-9,13H,1H3,(H,14,15). The summed E-state index contributed by atoms with van der Waals surface area (Å²) in [6.07, 6.45) is 1.54. The maximum Gasteiger partial charge on any atom is 0.243 e. The van der Waals surface area contributed by atoms with Crippen molar-refractivity contribution in [3.8, 4) is 0 Å². The van der Waals surface area contributed by atoms with E-state index in [1.807, 2.05) is 30.3 Å². The molecule has 18 heavy (non-hydrogen) atoms. The van der Waals surface area contributed by atoms with Crippen LogP contribution in [0.25, 0.3) is 0 Å². The highest BCUT2D eigenvalue weighted by Gasteiger charge is 2.17.